The second-order valence-electron chi connectivity index (χ2n) is 3.07. The molecule has 0 spiro atoms. The van der Waals surface area contributed by atoms with Gasteiger partial charge in [-0.05, 0) is 23.8 Å². The topological polar surface area (TPSA) is 48.8 Å². The summed E-state index contributed by atoms with van der Waals surface area (Å²) in [6, 6.07) is 7.96. The van der Waals surface area contributed by atoms with Crippen molar-refractivity contribution in [3.8, 4) is 11.8 Å². The maximum atomic E-state index is 8.60. The van der Waals surface area contributed by atoms with Gasteiger partial charge in [0, 0.05) is 17.1 Å². The van der Waals surface area contributed by atoms with Gasteiger partial charge in [-0.2, -0.15) is 5.26 Å². The van der Waals surface area contributed by atoms with Crippen LogP contribution in [0.3, 0.4) is 0 Å². The van der Waals surface area contributed by atoms with Crippen molar-refractivity contribution < 1.29 is 4.74 Å². The van der Waals surface area contributed by atoms with Crippen LogP contribution >= 0.6 is 0 Å². The lowest BCUT2D eigenvalue weighted by Gasteiger charge is -2.03. The van der Waals surface area contributed by atoms with Crippen LogP contribution in [0.5, 0.6) is 5.75 Å². The number of benzene rings is 1. The number of methoxy groups -OCH3 is 1. The van der Waals surface area contributed by atoms with Crippen molar-refractivity contribution in [1.82, 2.24) is 4.98 Å². The Kier molecular flexibility index (Phi) is 2.11. The van der Waals surface area contributed by atoms with Gasteiger partial charge in [0.2, 0.25) is 0 Å². The molecule has 0 radical (unpaired) electrons. The van der Waals surface area contributed by atoms with Crippen molar-refractivity contribution in [2.75, 3.05) is 7.11 Å². The quantitative estimate of drug-likeness (QED) is 0.781. The number of hydrogen-bond acceptors (Lipinski definition) is 2. The number of ether oxygens (including phenoxy) is 1. The van der Waals surface area contributed by atoms with E-state index in [0.29, 0.717) is 6.42 Å². The van der Waals surface area contributed by atoms with Crippen LogP contribution in [0, 0.1) is 11.3 Å². The fraction of sp³-hybridized carbons (Fsp3) is 0.182. The Morgan fingerprint density at radius 2 is 2.36 bits per heavy atom. The average Bonchev–Trinajstić information content (AvgIpc) is 2.65. The monoisotopic (exact) mass is 186 g/mol. The Hall–Kier alpha value is -1.95. The van der Waals surface area contributed by atoms with Gasteiger partial charge in [0.05, 0.1) is 19.6 Å². The first-order chi connectivity index (χ1) is 6.85. The molecule has 14 heavy (non-hydrogen) atoms. The third-order valence-corrected chi connectivity index (χ3v) is 2.19. The maximum Gasteiger partial charge on any atom is 0.128 e. The Morgan fingerprint density at radius 3 is 3.07 bits per heavy atom. The van der Waals surface area contributed by atoms with E-state index in [-0.39, 0.29) is 0 Å². The van der Waals surface area contributed by atoms with E-state index >= 15 is 0 Å². The molecule has 0 aliphatic rings. The van der Waals surface area contributed by atoms with Gasteiger partial charge < -0.3 is 9.72 Å². The van der Waals surface area contributed by atoms with Gasteiger partial charge in [0.1, 0.15) is 5.75 Å². The van der Waals surface area contributed by atoms with Crippen LogP contribution in [0.4, 0.5) is 0 Å². The van der Waals surface area contributed by atoms with Crippen molar-refractivity contribution in [2.24, 2.45) is 0 Å². The summed E-state index contributed by atoms with van der Waals surface area (Å²) >= 11 is 0. The van der Waals surface area contributed by atoms with Crippen LogP contribution < -0.4 is 4.74 Å². The number of nitrogens with zero attached hydrogens (tertiary/aromatic N) is 1. The molecule has 1 aromatic heterocycles. The minimum Gasteiger partial charge on any atom is -0.496 e. The molecule has 0 aliphatic heterocycles. The number of aromatic amines is 1. The molecular formula is C11H10N2O. The van der Waals surface area contributed by atoms with Gasteiger partial charge in [0.15, 0.2) is 0 Å². The van der Waals surface area contributed by atoms with E-state index in [1.165, 1.54) is 0 Å². The highest BCUT2D eigenvalue weighted by Gasteiger charge is 2.04. The summed E-state index contributed by atoms with van der Waals surface area (Å²) in [5, 5.41) is 9.66. The lowest BCUT2D eigenvalue weighted by Crippen LogP contribution is -1.87. The predicted molar refractivity (Wildman–Crippen MR) is 54.2 cm³/mol. The van der Waals surface area contributed by atoms with Crippen LogP contribution in [-0.4, -0.2) is 12.1 Å². The lowest BCUT2D eigenvalue weighted by molar-refractivity contribution is 0.419. The van der Waals surface area contributed by atoms with Gasteiger partial charge in [-0.3, -0.25) is 0 Å². The molecular weight excluding hydrogens is 176 g/mol. The minimum atomic E-state index is 0.408. The minimum absolute atomic E-state index is 0.408. The normalized spacial score (nSPS) is 10.0. The first-order valence-corrected chi connectivity index (χ1v) is 4.36. The molecule has 2 aromatic rings. The van der Waals surface area contributed by atoms with Crippen LogP contribution in [0.2, 0.25) is 0 Å². The summed E-state index contributed by atoms with van der Waals surface area (Å²) in [6.07, 6.45) is 2.27. The summed E-state index contributed by atoms with van der Waals surface area (Å²) in [5.41, 5.74) is 1.98. The van der Waals surface area contributed by atoms with Gasteiger partial charge >= 0.3 is 0 Å². The number of rotatable bonds is 2. The molecule has 0 fully saturated rings. The predicted octanol–water partition coefficient (Wildman–Crippen LogP) is 2.24. The lowest BCUT2D eigenvalue weighted by atomic mass is 10.1. The fourth-order valence-electron chi connectivity index (χ4n) is 1.55. The highest BCUT2D eigenvalue weighted by molar-refractivity contribution is 5.86. The summed E-state index contributed by atoms with van der Waals surface area (Å²) in [6.45, 7) is 0. The second kappa shape index (κ2) is 3.43. The van der Waals surface area contributed by atoms with E-state index in [9.17, 15) is 0 Å². The Balaban J connectivity index is 2.62. The Labute approximate surface area is 81.9 Å². The second-order valence-corrected chi connectivity index (χ2v) is 3.07. The molecule has 0 unspecified atom stereocenters. The Morgan fingerprint density at radius 1 is 1.50 bits per heavy atom. The maximum absolute atomic E-state index is 8.60. The van der Waals surface area contributed by atoms with Crippen LogP contribution in [0.1, 0.15) is 5.56 Å². The SMILES string of the molecule is COc1cc(CC#N)cc2[nH]ccc12. The summed E-state index contributed by atoms with van der Waals surface area (Å²) in [7, 11) is 1.64. The fourth-order valence-corrected chi connectivity index (χ4v) is 1.55. The molecule has 3 heteroatoms. The molecule has 1 N–H and O–H groups in total. The smallest absolute Gasteiger partial charge is 0.128 e. The zero-order valence-electron chi connectivity index (χ0n) is 7.87. The molecule has 1 aromatic carbocycles. The third-order valence-electron chi connectivity index (χ3n) is 2.19. The number of hydrogen-bond donors (Lipinski definition) is 1. The number of fused-ring (bicyclic) bond motifs is 1. The first-order valence-electron chi connectivity index (χ1n) is 4.36. The molecule has 2 rings (SSSR count). The van der Waals surface area contributed by atoms with E-state index < -0.39 is 0 Å². The number of nitrogens with one attached hydrogen (secondary N) is 1. The molecule has 1 heterocycles. The van der Waals surface area contributed by atoms with Gasteiger partial charge in [-0.15, -0.1) is 0 Å². The molecule has 70 valence electrons. The van der Waals surface area contributed by atoms with Crippen molar-refractivity contribution >= 4 is 10.9 Å². The average molecular weight is 186 g/mol. The number of aromatic nitrogens is 1. The largest absolute Gasteiger partial charge is 0.496 e. The van der Waals surface area contributed by atoms with Gasteiger partial charge in [-0.1, -0.05) is 0 Å². The number of H-pyrrole nitrogens is 1. The summed E-state index contributed by atoms with van der Waals surface area (Å²) in [5.74, 6) is 0.814. The highest BCUT2D eigenvalue weighted by Crippen LogP contribution is 2.26. The van der Waals surface area contributed by atoms with E-state index in [1.54, 1.807) is 7.11 Å². The van der Waals surface area contributed by atoms with E-state index in [4.69, 9.17) is 10.00 Å². The van der Waals surface area contributed by atoms with Crippen LogP contribution in [0.15, 0.2) is 24.4 Å². The van der Waals surface area contributed by atoms with Crippen LogP contribution in [-0.2, 0) is 6.42 Å². The zero-order valence-corrected chi connectivity index (χ0v) is 7.87. The van der Waals surface area contributed by atoms with Gasteiger partial charge in [-0.25, -0.2) is 0 Å². The molecule has 0 atom stereocenters. The van der Waals surface area contributed by atoms with Crippen molar-refractivity contribution in [3.63, 3.8) is 0 Å². The standard InChI is InChI=1S/C11H10N2O/c1-14-11-7-8(2-4-12)6-10-9(11)3-5-13-10/h3,5-7,13H,2H2,1H3. The van der Waals surface area contributed by atoms with Crippen molar-refractivity contribution in [3.05, 3.63) is 30.0 Å². The molecule has 0 bridgehead atoms. The van der Waals surface area contributed by atoms with Crippen molar-refractivity contribution in [1.29, 1.82) is 5.26 Å². The highest BCUT2D eigenvalue weighted by atomic mass is 16.5. The Bertz CT molecular complexity index is 493. The van der Waals surface area contributed by atoms with Gasteiger partial charge in [0.25, 0.3) is 0 Å². The van der Waals surface area contributed by atoms with E-state index in [2.05, 4.69) is 11.1 Å². The molecule has 0 amide bonds. The van der Waals surface area contributed by atoms with Crippen LogP contribution in [0.25, 0.3) is 10.9 Å². The molecule has 0 aliphatic carbocycles. The third kappa shape index (κ3) is 1.31. The zero-order chi connectivity index (χ0) is 9.97. The molecule has 3 nitrogen and oxygen atoms in total. The first kappa shape index (κ1) is 8.64. The molecule has 0 saturated carbocycles. The summed E-state index contributed by atoms with van der Waals surface area (Å²) in [4.78, 5) is 3.10. The van der Waals surface area contributed by atoms with Crippen molar-refractivity contribution in [2.45, 2.75) is 6.42 Å². The van der Waals surface area contributed by atoms with E-state index in [0.717, 1.165) is 22.2 Å². The summed E-state index contributed by atoms with van der Waals surface area (Å²) < 4.78 is 5.24. The van der Waals surface area contributed by atoms with E-state index in [1.807, 2.05) is 24.4 Å². The number of nitriles is 1. The molecule has 0 saturated heterocycles.